The van der Waals surface area contributed by atoms with Gasteiger partial charge < -0.3 is 19.5 Å². The molecule has 0 bridgehead atoms. The number of Topliss-reactive ketones (excluding diaryl/α,β-unsaturated/α-hetero) is 1. The van der Waals surface area contributed by atoms with E-state index in [9.17, 15) is 14.7 Å². The molecule has 0 aliphatic carbocycles. The number of aromatic nitrogens is 1. The van der Waals surface area contributed by atoms with Crippen LogP contribution in [0, 0.1) is 0 Å². The van der Waals surface area contributed by atoms with Gasteiger partial charge in [-0.05, 0) is 48.0 Å². The van der Waals surface area contributed by atoms with Gasteiger partial charge in [0.05, 0.1) is 36.6 Å². The van der Waals surface area contributed by atoms with Gasteiger partial charge in [0.25, 0.3) is 11.7 Å². The van der Waals surface area contributed by atoms with Crippen LogP contribution in [-0.2, 0) is 9.59 Å². The Morgan fingerprint density at radius 1 is 1.09 bits per heavy atom. The van der Waals surface area contributed by atoms with Gasteiger partial charge in [-0.1, -0.05) is 12.1 Å². The fraction of sp³-hybridized carbons (Fsp3) is 0.192. The number of ether oxygens (including phenoxy) is 2. The fourth-order valence-electron chi connectivity index (χ4n) is 4.42. The number of hydrogen-bond acceptors (Lipinski definition) is 7. The Bertz CT molecular complexity index is 1300. The number of ketones is 1. The first-order chi connectivity index (χ1) is 16.5. The smallest absolute Gasteiger partial charge is 0.300 e. The first kappa shape index (κ1) is 21.5. The van der Waals surface area contributed by atoms with E-state index in [-0.39, 0.29) is 11.3 Å². The van der Waals surface area contributed by atoms with Crippen molar-refractivity contribution in [3.63, 3.8) is 0 Å². The monoisotopic (exact) mass is 457 g/mol. The first-order valence-electron chi connectivity index (χ1n) is 10.8. The molecule has 1 saturated heterocycles. The maximum absolute atomic E-state index is 13.3. The Balaban J connectivity index is 1.71. The second-order valence-corrected chi connectivity index (χ2v) is 8.07. The number of aliphatic hydroxyl groups excluding tert-OH is 1. The molecule has 1 atom stereocenters. The van der Waals surface area contributed by atoms with Crippen LogP contribution in [0.3, 0.4) is 0 Å². The highest BCUT2D eigenvalue weighted by Gasteiger charge is 2.47. The molecule has 1 aromatic heterocycles. The largest absolute Gasteiger partial charge is 0.507 e. The van der Waals surface area contributed by atoms with Crippen LogP contribution in [0.15, 0.2) is 72.6 Å². The van der Waals surface area contributed by atoms with Crippen molar-refractivity contribution in [3.05, 3.63) is 83.7 Å². The molecule has 0 spiro atoms. The summed E-state index contributed by atoms with van der Waals surface area (Å²) >= 11 is 0. The van der Waals surface area contributed by atoms with Gasteiger partial charge in [-0.2, -0.15) is 0 Å². The zero-order chi connectivity index (χ0) is 23.8. The third-order valence-electron chi connectivity index (χ3n) is 6.14. The van der Waals surface area contributed by atoms with E-state index in [2.05, 4.69) is 4.98 Å². The molecule has 8 heteroatoms. The fourth-order valence-corrected chi connectivity index (χ4v) is 4.42. The lowest BCUT2D eigenvalue weighted by molar-refractivity contribution is -0.132. The highest BCUT2D eigenvalue weighted by molar-refractivity contribution is 6.52. The minimum absolute atomic E-state index is 0.00133. The SMILES string of the molecule is COc1ccccc1N1C(=O)C(=O)/C(=C(\O)c2ccc3c(c2)N(C)CCO3)C1c1ccncc1. The number of pyridine rings is 1. The molecule has 3 aromatic rings. The second-order valence-electron chi connectivity index (χ2n) is 8.07. The van der Waals surface area contributed by atoms with Crippen molar-refractivity contribution in [2.75, 3.05) is 37.1 Å². The average molecular weight is 457 g/mol. The molecule has 1 amide bonds. The van der Waals surface area contributed by atoms with E-state index in [1.54, 1.807) is 67.0 Å². The molecule has 2 aliphatic heterocycles. The zero-order valence-electron chi connectivity index (χ0n) is 18.8. The molecule has 172 valence electrons. The van der Waals surface area contributed by atoms with Crippen molar-refractivity contribution in [2.24, 2.45) is 0 Å². The summed E-state index contributed by atoms with van der Waals surface area (Å²) in [5.41, 5.74) is 2.30. The molecular weight excluding hydrogens is 434 g/mol. The topological polar surface area (TPSA) is 92.2 Å². The molecule has 5 rings (SSSR count). The number of hydrogen-bond donors (Lipinski definition) is 1. The number of fused-ring (bicyclic) bond motifs is 1. The molecule has 2 aliphatic rings. The Morgan fingerprint density at radius 3 is 2.62 bits per heavy atom. The van der Waals surface area contributed by atoms with Crippen LogP contribution in [-0.4, -0.2) is 49.1 Å². The lowest BCUT2D eigenvalue weighted by atomic mass is 9.95. The minimum atomic E-state index is -0.857. The lowest BCUT2D eigenvalue weighted by Crippen LogP contribution is -2.29. The van der Waals surface area contributed by atoms with Gasteiger partial charge >= 0.3 is 0 Å². The molecule has 8 nitrogen and oxygen atoms in total. The van der Waals surface area contributed by atoms with Crippen LogP contribution in [0.2, 0.25) is 0 Å². The first-order valence-corrected chi connectivity index (χ1v) is 10.8. The molecule has 1 fully saturated rings. The summed E-state index contributed by atoms with van der Waals surface area (Å²) in [7, 11) is 3.44. The molecular formula is C26H23N3O5. The number of methoxy groups -OCH3 is 1. The quantitative estimate of drug-likeness (QED) is 0.364. The normalized spacial score (nSPS) is 19.1. The molecule has 1 N–H and O–H groups in total. The van der Waals surface area contributed by atoms with E-state index in [0.29, 0.717) is 41.5 Å². The van der Waals surface area contributed by atoms with Crippen molar-refractivity contribution in [1.29, 1.82) is 0 Å². The Labute approximate surface area is 196 Å². The third kappa shape index (κ3) is 3.44. The third-order valence-corrected chi connectivity index (χ3v) is 6.14. The number of para-hydroxylation sites is 2. The van der Waals surface area contributed by atoms with Gasteiger partial charge in [-0.15, -0.1) is 0 Å². The number of amides is 1. The van der Waals surface area contributed by atoms with Crippen LogP contribution in [0.25, 0.3) is 5.76 Å². The summed E-state index contributed by atoms with van der Waals surface area (Å²) in [4.78, 5) is 34.1. The molecule has 3 heterocycles. The number of rotatable bonds is 4. The number of benzene rings is 2. The van der Waals surface area contributed by atoms with Crippen molar-refractivity contribution in [2.45, 2.75) is 6.04 Å². The number of likely N-dealkylation sites (N-methyl/N-ethyl adjacent to an activating group) is 1. The van der Waals surface area contributed by atoms with E-state index in [1.807, 2.05) is 11.9 Å². The number of nitrogens with zero attached hydrogens (tertiary/aromatic N) is 3. The van der Waals surface area contributed by atoms with Crippen molar-refractivity contribution in [3.8, 4) is 11.5 Å². The summed E-state index contributed by atoms with van der Waals surface area (Å²) in [6.07, 6.45) is 3.17. The highest BCUT2D eigenvalue weighted by atomic mass is 16.5. The molecule has 0 saturated carbocycles. The van der Waals surface area contributed by atoms with Gasteiger partial charge in [0.15, 0.2) is 0 Å². The maximum Gasteiger partial charge on any atom is 0.300 e. The standard InChI is InChI=1S/C26H23N3O5/c1-28-13-14-34-21-8-7-17(15-19(21)28)24(30)22-23(16-9-11-27-12-10-16)29(26(32)25(22)31)18-5-3-4-6-20(18)33-2/h3-12,15,23,30H,13-14H2,1-2H3/b24-22-. The van der Waals surface area contributed by atoms with Crippen LogP contribution < -0.4 is 19.3 Å². The summed E-state index contributed by atoms with van der Waals surface area (Å²) in [5, 5.41) is 11.4. The van der Waals surface area contributed by atoms with E-state index in [1.165, 1.54) is 12.0 Å². The van der Waals surface area contributed by atoms with Crippen molar-refractivity contribution < 1.29 is 24.2 Å². The van der Waals surface area contributed by atoms with Crippen LogP contribution in [0.1, 0.15) is 17.2 Å². The van der Waals surface area contributed by atoms with Gasteiger partial charge in [0, 0.05) is 25.0 Å². The Kier molecular flexibility index (Phi) is 5.41. The van der Waals surface area contributed by atoms with Crippen molar-refractivity contribution in [1.82, 2.24) is 4.98 Å². The predicted molar refractivity (Wildman–Crippen MR) is 127 cm³/mol. The molecule has 1 unspecified atom stereocenters. The van der Waals surface area contributed by atoms with Crippen LogP contribution in [0.5, 0.6) is 11.5 Å². The summed E-state index contributed by atoms with van der Waals surface area (Å²) < 4.78 is 11.2. The Hall–Kier alpha value is -4.33. The van der Waals surface area contributed by atoms with Gasteiger partial charge in [0.2, 0.25) is 0 Å². The minimum Gasteiger partial charge on any atom is -0.507 e. The number of aliphatic hydroxyl groups is 1. The summed E-state index contributed by atoms with van der Waals surface area (Å²) in [6, 6.07) is 14.8. The second kappa shape index (κ2) is 8.55. The van der Waals surface area contributed by atoms with Crippen LogP contribution >= 0.6 is 0 Å². The summed E-state index contributed by atoms with van der Waals surface area (Å²) in [5.74, 6) is -0.625. The lowest BCUT2D eigenvalue weighted by Gasteiger charge is -2.28. The van der Waals surface area contributed by atoms with Gasteiger partial charge in [-0.3, -0.25) is 19.5 Å². The zero-order valence-corrected chi connectivity index (χ0v) is 18.8. The molecule has 2 aromatic carbocycles. The maximum atomic E-state index is 13.3. The van der Waals surface area contributed by atoms with Gasteiger partial charge in [-0.25, -0.2) is 0 Å². The van der Waals surface area contributed by atoms with Crippen LogP contribution in [0.4, 0.5) is 11.4 Å². The molecule has 34 heavy (non-hydrogen) atoms. The number of carbonyl (C=O) groups is 2. The van der Waals surface area contributed by atoms with E-state index < -0.39 is 17.7 Å². The predicted octanol–water partition coefficient (Wildman–Crippen LogP) is 3.55. The van der Waals surface area contributed by atoms with E-state index in [4.69, 9.17) is 9.47 Å². The highest BCUT2D eigenvalue weighted by Crippen LogP contribution is 2.45. The Morgan fingerprint density at radius 2 is 1.85 bits per heavy atom. The van der Waals surface area contributed by atoms with Crippen molar-refractivity contribution >= 4 is 28.8 Å². The summed E-state index contributed by atoms with van der Waals surface area (Å²) in [6.45, 7) is 1.27. The number of anilines is 2. The van der Waals surface area contributed by atoms with Gasteiger partial charge in [0.1, 0.15) is 23.9 Å². The number of carbonyl (C=O) groups excluding carboxylic acids is 2. The molecule has 0 radical (unpaired) electrons. The van der Waals surface area contributed by atoms with E-state index >= 15 is 0 Å². The average Bonchev–Trinajstić information content (AvgIpc) is 3.14. The van der Waals surface area contributed by atoms with E-state index in [0.717, 1.165) is 5.69 Å².